The van der Waals surface area contributed by atoms with Gasteiger partial charge in [0.15, 0.2) is 0 Å². The molecular weight excluding hydrogens is 423 g/mol. The molecule has 0 spiro atoms. The van der Waals surface area contributed by atoms with E-state index in [0.29, 0.717) is 12.2 Å². The molecule has 3 aromatic carbocycles. The zero-order chi connectivity index (χ0) is 22.9. The predicted octanol–water partition coefficient (Wildman–Crippen LogP) is 5.48. The van der Waals surface area contributed by atoms with E-state index < -0.39 is 15.8 Å². The smallest absolute Gasteiger partial charge is 0.261 e. The summed E-state index contributed by atoms with van der Waals surface area (Å²) in [7, 11) is -3.75. The number of sulfonamides is 1. The lowest BCUT2D eigenvalue weighted by Gasteiger charge is -2.29. The van der Waals surface area contributed by atoms with E-state index in [1.165, 1.54) is 41.0 Å². The van der Waals surface area contributed by atoms with Crippen LogP contribution in [0.1, 0.15) is 43.0 Å². The maximum absolute atomic E-state index is 13.1. The third-order valence-corrected chi connectivity index (χ3v) is 7.28. The average Bonchev–Trinajstić information content (AvgIpc) is 2.74. The number of hydrogen-bond donors (Lipinski definition) is 1. The van der Waals surface area contributed by atoms with Gasteiger partial charge in [-0.3, -0.25) is 9.62 Å². The van der Waals surface area contributed by atoms with Crippen LogP contribution in [0.25, 0.3) is 0 Å². The van der Waals surface area contributed by atoms with Crippen LogP contribution in [-0.2, 0) is 34.9 Å². The average molecular weight is 453 g/mol. The molecule has 1 heterocycles. The van der Waals surface area contributed by atoms with E-state index in [4.69, 9.17) is 0 Å². The highest BCUT2D eigenvalue weighted by molar-refractivity contribution is 7.92. The molecule has 1 aliphatic rings. The highest BCUT2D eigenvalue weighted by atomic mass is 32.2. The molecule has 0 radical (unpaired) electrons. The minimum absolute atomic E-state index is 0.131. The van der Waals surface area contributed by atoms with Gasteiger partial charge in [-0.2, -0.15) is 0 Å². The molecule has 0 bridgehead atoms. The van der Waals surface area contributed by atoms with Gasteiger partial charge in [0.05, 0.1) is 4.90 Å². The third-order valence-electron chi connectivity index (χ3n) is 5.90. The Hall–Kier alpha value is -2.70. The first-order chi connectivity index (χ1) is 15.1. The maximum Gasteiger partial charge on any atom is 0.261 e. The van der Waals surface area contributed by atoms with Crippen LogP contribution in [-0.4, -0.2) is 19.9 Å². The molecule has 6 heteroatoms. The van der Waals surface area contributed by atoms with Crippen LogP contribution in [0.3, 0.4) is 0 Å². The van der Waals surface area contributed by atoms with Gasteiger partial charge in [-0.15, -0.1) is 0 Å². The molecule has 0 unspecified atom stereocenters. The van der Waals surface area contributed by atoms with Gasteiger partial charge in [0.25, 0.3) is 10.0 Å². The molecule has 1 aliphatic heterocycles. The molecule has 1 N–H and O–H groups in total. The Labute approximate surface area is 190 Å². The summed E-state index contributed by atoms with van der Waals surface area (Å²) in [6.45, 7) is 9.10. The second kappa shape index (κ2) is 8.68. The number of benzene rings is 3. The van der Waals surface area contributed by atoms with Crippen LogP contribution in [0.5, 0.6) is 0 Å². The summed E-state index contributed by atoms with van der Waals surface area (Å²) < 4.78 is 41.3. The van der Waals surface area contributed by atoms with Crippen LogP contribution in [0, 0.1) is 5.82 Å². The number of anilines is 1. The highest BCUT2D eigenvalue weighted by Gasteiger charge is 2.21. The Morgan fingerprint density at radius 1 is 0.938 bits per heavy atom. The van der Waals surface area contributed by atoms with E-state index in [1.807, 2.05) is 6.07 Å². The van der Waals surface area contributed by atoms with Crippen molar-refractivity contribution < 1.29 is 12.8 Å². The summed E-state index contributed by atoms with van der Waals surface area (Å²) in [5.41, 5.74) is 5.25. The quantitative estimate of drug-likeness (QED) is 0.557. The number of nitrogens with one attached hydrogen (secondary N) is 1. The Balaban J connectivity index is 1.48. The Morgan fingerprint density at radius 2 is 1.62 bits per heavy atom. The topological polar surface area (TPSA) is 49.4 Å². The summed E-state index contributed by atoms with van der Waals surface area (Å²) in [4.78, 5) is 2.56. The lowest BCUT2D eigenvalue weighted by Crippen LogP contribution is -2.30. The fourth-order valence-corrected chi connectivity index (χ4v) is 5.10. The highest BCUT2D eigenvalue weighted by Crippen LogP contribution is 2.26. The fraction of sp³-hybridized carbons (Fsp3) is 0.308. The summed E-state index contributed by atoms with van der Waals surface area (Å²) in [5, 5.41) is 0. The van der Waals surface area contributed by atoms with Gasteiger partial charge in [0.1, 0.15) is 5.82 Å². The van der Waals surface area contributed by atoms with Gasteiger partial charge in [0.2, 0.25) is 0 Å². The first-order valence-electron chi connectivity index (χ1n) is 10.8. The van der Waals surface area contributed by atoms with Crippen LogP contribution >= 0.6 is 0 Å². The molecule has 0 fully saturated rings. The molecule has 0 saturated heterocycles. The molecule has 0 aromatic heterocycles. The van der Waals surface area contributed by atoms with Crippen LogP contribution < -0.4 is 4.72 Å². The number of nitrogens with zero attached hydrogens (tertiary/aromatic N) is 1. The summed E-state index contributed by atoms with van der Waals surface area (Å²) in [6.07, 6.45) is 0.890. The van der Waals surface area contributed by atoms with Gasteiger partial charge in [-0.25, -0.2) is 12.8 Å². The number of fused-ring (bicyclic) bond motifs is 1. The van der Waals surface area contributed by atoms with Gasteiger partial charge in [-0.1, -0.05) is 51.1 Å². The molecular formula is C26H29FN2O2S. The largest absolute Gasteiger partial charge is 0.294 e. The molecule has 168 valence electrons. The molecule has 32 heavy (non-hydrogen) atoms. The molecule has 3 aromatic rings. The number of rotatable bonds is 5. The van der Waals surface area contributed by atoms with Crippen LogP contribution in [0.15, 0.2) is 71.6 Å². The van der Waals surface area contributed by atoms with E-state index in [-0.39, 0.29) is 10.3 Å². The van der Waals surface area contributed by atoms with Crippen molar-refractivity contribution in [1.82, 2.24) is 4.90 Å². The summed E-state index contributed by atoms with van der Waals surface area (Å²) >= 11 is 0. The molecule has 0 saturated carbocycles. The maximum atomic E-state index is 13.1. The van der Waals surface area contributed by atoms with Crippen molar-refractivity contribution in [2.45, 2.75) is 50.6 Å². The van der Waals surface area contributed by atoms with Crippen molar-refractivity contribution in [2.75, 3.05) is 11.3 Å². The normalized spacial score (nSPS) is 14.8. The van der Waals surface area contributed by atoms with Crippen LogP contribution in [0.2, 0.25) is 0 Å². The second-order valence-corrected chi connectivity index (χ2v) is 11.1. The minimum Gasteiger partial charge on any atom is -0.294 e. The zero-order valence-corrected chi connectivity index (χ0v) is 19.5. The van der Waals surface area contributed by atoms with Gasteiger partial charge < -0.3 is 0 Å². The van der Waals surface area contributed by atoms with Gasteiger partial charge >= 0.3 is 0 Å². The molecule has 4 rings (SSSR count). The van der Waals surface area contributed by atoms with Crippen molar-refractivity contribution in [3.05, 3.63) is 94.8 Å². The standard InChI is InChI=1S/C26H29FN2O2S/c1-26(2,3)22-7-4-19(5-8-22)17-29-15-14-20-6-13-25(16-21(20)18-29)32(30,31)28-24-11-9-23(27)10-12-24/h4-13,16,28H,14-15,17-18H2,1-3H3. The Bertz CT molecular complexity index is 1200. The number of hydrogen-bond acceptors (Lipinski definition) is 3. The van der Waals surface area contributed by atoms with Crippen molar-refractivity contribution in [3.63, 3.8) is 0 Å². The molecule has 0 aliphatic carbocycles. The lowest BCUT2D eigenvalue weighted by molar-refractivity contribution is 0.245. The Morgan fingerprint density at radius 3 is 2.28 bits per heavy atom. The number of halogens is 1. The van der Waals surface area contributed by atoms with E-state index >= 15 is 0 Å². The third kappa shape index (κ3) is 5.19. The van der Waals surface area contributed by atoms with Gasteiger partial charge in [-0.05, 0) is 70.5 Å². The van der Waals surface area contributed by atoms with Crippen molar-refractivity contribution >= 4 is 15.7 Å². The van der Waals surface area contributed by atoms with Crippen molar-refractivity contribution in [1.29, 1.82) is 0 Å². The second-order valence-electron chi connectivity index (χ2n) is 9.45. The lowest BCUT2D eigenvalue weighted by atomic mass is 9.86. The molecule has 0 atom stereocenters. The van der Waals surface area contributed by atoms with E-state index in [2.05, 4.69) is 54.7 Å². The van der Waals surface area contributed by atoms with Crippen molar-refractivity contribution in [2.24, 2.45) is 0 Å². The fourth-order valence-electron chi connectivity index (χ4n) is 3.99. The first kappa shape index (κ1) is 22.5. The SMILES string of the molecule is CC(C)(C)c1ccc(CN2CCc3ccc(S(=O)(=O)Nc4ccc(F)cc4)cc3C2)cc1. The molecule has 4 nitrogen and oxygen atoms in total. The first-order valence-corrected chi connectivity index (χ1v) is 12.3. The zero-order valence-electron chi connectivity index (χ0n) is 18.7. The summed E-state index contributed by atoms with van der Waals surface area (Å²) in [5.74, 6) is -0.408. The van der Waals surface area contributed by atoms with E-state index in [9.17, 15) is 12.8 Å². The molecule has 0 amide bonds. The van der Waals surface area contributed by atoms with E-state index in [1.54, 1.807) is 12.1 Å². The monoisotopic (exact) mass is 452 g/mol. The Kier molecular flexibility index (Phi) is 6.10. The van der Waals surface area contributed by atoms with E-state index in [0.717, 1.165) is 25.1 Å². The minimum atomic E-state index is -3.75. The summed E-state index contributed by atoms with van der Waals surface area (Å²) in [6, 6.07) is 19.4. The van der Waals surface area contributed by atoms with Crippen molar-refractivity contribution in [3.8, 4) is 0 Å². The van der Waals surface area contributed by atoms with Crippen LogP contribution in [0.4, 0.5) is 10.1 Å². The predicted molar refractivity (Wildman–Crippen MR) is 127 cm³/mol. The van der Waals surface area contributed by atoms with Gasteiger partial charge in [0, 0.05) is 25.3 Å².